The van der Waals surface area contributed by atoms with Gasteiger partial charge in [-0.2, -0.15) is 0 Å². The Morgan fingerprint density at radius 2 is 2.11 bits per heavy atom. The van der Waals surface area contributed by atoms with Crippen LogP contribution in [0.4, 0.5) is 5.69 Å². The fourth-order valence-corrected chi connectivity index (χ4v) is 2.96. The van der Waals surface area contributed by atoms with Crippen LogP contribution in [0.2, 0.25) is 0 Å². The summed E-state index contributed by atoms with van der Waals surface area (Å²) < 4.78 is 0. The average molecular weight is 241 g/mol. The van der Waals surface area contributed by atoms with E-state index < -0.39 is 0 Å². The van der Waals surface area contributed by atoms with Gasteiger partial charge in [0, 0.05) is 36.4 Å². The number of hydrogen-bond acceptors (Lipinski definition) is 3. The number of benzene rings is 1. The van der Waals surface area contributed by atoms with Crippen molar-refractivity contribution in [3.05, 3.63) is 36.5 Å². The molecule has 0 spiro atoms. The van der Waals surface area contributed by atoms with Crippen molar-refractivity contribution in [2.45, 2.75) is 19.4 Å². The molecular weight excluding hydrogens is 222 g/mol. The van der Waals surface area contributed by atoms with Gasteiger partial charge in [0.1, 0.15) is 0 Å². The zero-order valence-corrected chi connectivity index (χ0v) is 10.7. The normalized spacial score (nSPS) is 24.4. The summed E-state index contributed by atoms with van der Waals surface area (Å²) in [5, 5.41) is 1.22. The van der Waals surface area contributed by atoms with Gasteiger partial charge in [0.2, 0.25) is 0 Å². The van der Waals surface area contributed by atoms with Gasteiger partial charge < -0.3 is 10.6 Å². The Morgan fingerprint density at radius 3 is 2.94 bits per heavy atom. The molecule has 18 heavy (non-hydrogen) atoms. The monoisotopic (exact) mass is 241 g/mol. The number of hydrogen-bond donors (Lipinski definition) is 1. The predicted octanol–water partition coefficient (Wildman–Crippen LogP) is 2.41. The molecule has 1 aliphatic heterocycles. The van der Waals surface area contributed by atoms with Gasteiger partial charge in [-0.25, -0.2) is 0 Å². The van der Waals surface area contributed by atoms with Gasteiger partial charge in [0.15, 0.2) is 0 Å². The van der Waals surface area contributed by atoms with E-state index in [4.69, 9.17) is 5.73 Å². The van der Waals surface area contributed by atoms with Crippen molar-refractivity contribution in [2.75, 3.05) is 18.0 Å². The molecule has 3 heteroatoms. The minimum atomic E-state index is 0.278. The van der Waals surface area contributed by atoms with Gasteiger partial charge in [-0.1, -0.05) is 13.0 Å². The van der Waals surface area contributed by atoms with E-state index in [1.807, 2.05) is 12.3 Å². The molecule has 2 aromatic rings. The summed E-state index contributed by atoms with van der Waals surface area (Å²) in [7, 11) is 0. The molecule has 1 saturated heterocycles. The molecule has 3 rings (SSSR count). The number of nitrogens with two attached hydrogens (primary N) is 1. The van der Waals surface area contributed by atoms with Crippen LogP contribution in [0.25, 0.3) is 10.9 Å². The first-order chi connectivity index (χ1) is 8.74. The summed E-state index contributed by atoms with van der Waals surface area (Å²) in [6.07, 6.45) is 2.97. The second-order valence-corrected chi connectivity index (χ2v) is 5.35. The molecule has 2 atom stereocenters. The lowest BCUT2D eigenvalue weighted by Gasteiger charge is -2.37. The Morgan fingerprint density at radius 1 is 1.22 bits per heavy atom. The summed E-state index contributed by atoms with van der Waals surface area (Å²) in [6.45, 7) is 4.30. The number of rotatable bonds is 1. The van der Waals surface area contributed by atoms with Crippen molar-refractivity contribution in [3.8, 4) is 0 Å². The first kappa shape index (κ1) is 11.5. The minimum Gasteiger partial charge on any atom is -0.369 e. The Bertz CT molecular complexity index is 537. The highest BCUT2D eigenvalue weighted by atomic mass is 15.2. The average Bonchev–Trinajstić information content (AvgIpc) is 2.37. The lowest BCUT2D eigenvalue weighted by atomic mass is 9.95. The maximum Gasteiger partial charge on any atom is 0.0722 e. The van der Waals surface area contributed by atoms with Crippen molar-refractivity contribution < 1.29 is 0 Å². The van der Waals surface area contributed by atoms with E-state index >= 15 is 0 Å². The number of anilines is 1. The zero-order valence-electron chi connectivity index (χ0n) is 10.7. The number of pyridine rings is 1. The fraction of sp³-hybridized carbons (Fsp3) is 0.400. The zero-order chi connectivity index (χ0) is 12.5. The van der Waals surface area contributed by atoms with Crippen molar-refractivity contribution in [3.63, 3.8) is 0 Å². The molecule has 0 saturated carbocycles. The van der Waals surface area contributed by atoms with Crippen LogP contribution in [0.3, 0.4) is 0 Å². The molecule has 0 unspecified atom stereocenters. The molecule has 2 heterocycles. The number of fused-ring (bicyclic) bond motifs is 1. The number of piperidine rings is 1. The number of nitrogens with zero attached hydrogens (tertiary/aromatic N) is 2. The fourth-order valence-electron chi connectivity index (χ4n) is 2.96. The highest BCUT2D eigenvalue weighted by Crippen LogP contribution is 2.28. The third-order valence-electron chi connectivity index (χ3n) is 3.66. The van der Waals surface area contributed by atoms with Crippen LogP contribution < -0.4 is 10.6 Å². The van der Waals surface area contributed by atoms with Crippen LogP contribution >= 0.6 is 0 Å². The molecule has 1 fully saturated rings. The third-order valence-corrected chi connectivity index (χ3v) is 3.66. The summed E-state index contributed by atoms with van der Waals surface area (Å²) >= 11 is 0. The van der Waals surface area contributed by atoms with Crippen molar-refractivity contribution in [2.24, 2.45) is 11.7 Å². The van der Waals surface area contributed by atoms with Crippen LogP contribution in [0.1, 0.15) is 13.3 Å². The molecule has 0 aliphatic carbocycles. The molecule has 94 valence electrons. The largest absolute Gasteiger partial charge is 0.369 e. The molecule has 1 aliphatic rings. The second-order valence-electron chi connectivity index (χ2n) is 5.35. The lowest BCUT2D eigenvalue weighted by molar-refractivity contribution is 0.402. The van der Waals surface area contributed by atoms with Crippen molar-refractivity contribution in [1.82, 2.24) is 4.98 Å². The summed E-state index contributed by atoms with van der Waals surface area (Å²) in [4.78, 5) is 6.82. The van der Waals surface area contributed by atoms with Gasteiger partial charge in [-0.05, 0) is 36.6 Å². The van der Waals surface area contributed by atoms with Gasteiger partial charge in [0.25, 0.3) is 0 Å². The first-order valence-electron chi connectivity index (χ1n) is 6.58. The van der Waals surface area contributed by atoms with Crippen molar-refractivity contribution >= 4 is 16.6 Å². The lowest BCUT2D eigenvalue weighted by Crippen LogP contribution is -2.46. The quantitative estimate of drug-likeness (QED) is 0.833. The predicted molar refractivity (Wildman–Crippen MR) is 75.7 cm³/mol. The van der Waals surface area contributed by atoms with Crippen LogP contribution in [-0.2, 0) is 0 Å². The van der Waals surface area contributed by atoms with E-state index in [1.165, 1.54) is 11.1 Å². The van der Waals surface area contributed by atoms with E-state index in [2.05, 4.69) is 41.1 Å². The maximum atomic E-state index is 6.14. The van der Waals surface area contributed by atoms with Crippen molar-refractivity contribution in [1.29, 1.82) is 0 Å². The van der Waals surface area contributed by atoms with Gasteiger partial charge in [-0.15, -0.1) is 0 Å². The molecule has 3 nitrogen and oxygen atoms in total. The highest BCUT2D eigenvalue weighted by Gasteiger charge is 2.23. The molecule has 0 bridgehead atoms. The Balaban J connectivity index is 2.03. The van der Waals surface area contributed by atoms with Crippen LogP contribution in [0.15, 0.2) is 36.5 Å². The van der Waals surface area contributed by atoms with Crippen LogP contribution in [0.5, 0.6) is 0 Å². The molecule has 0 radical (unpaired) electrons. The van der Waals surface area contributed by atoms with Crippen LogP contribution in [0, 0.1) is 5.92 Å². The van der Waals surface area contributed by atoms with Gasteiger partial charge in [-0.3, -0.25) is 4.98 Å². The molecular formula is C15H19N3. The van der Waals surface area contributed by atoms with E-state index in [9.17, 15) is 0 Å². The smallest absolute Gasteiger partial charge is 0.0722 e. The second kappa shape index (κ2) is 4.58. The number of aromatic nitrogens is 1. The van der Waals surface area contributed by atoms with E-state index in [1.54, 1.807) is 0 Å². The highest BCUT2D eigenvalue weighted by molar-refractivity contribution is 5.91. The third kappa shape index (κ3) is 2.06. The Hall–Kier alpha value is -1.61. The standard InChI is InChI=1S/C15H19N3/c1-11-8-12(16)10-18(9-11)15-6-2-5-14-13(15)4-3-7-17-14/h2-7,11-12H,8-10,16H2,1H3/t11-,12+/m0/s1. The van der Waals surface area contributed by atoms with Crippen LogP contribution in [-0.4, -0.2) is 24.1 Å². The molecule has 2 N–H and O–H groups in total. The van der Waals surface area contributed by atoms with E-state index in [0.29, 0.717) is 5.92 Å². The topological polar surface area (TPSA) is 42.1 Å². The maximum absolute atomic E-state index is 6.14. The van der Waals surface area contributed by atoms with E-state index in [0.717, 1.165) is 25.0 Å². The van der Waals surface area contributed by atoms with E-state index in [-0.39, 0.29) is 6.04 Å². The SMILES string of the molecule is C[C@H]1C[C@@H](N)CN(c2cccc3ncccc23)C1. The molecule has 1 aromatic carbocycles. The Kier molecular flexibility index (Phi) is 2.92. The summed E-state index contributed by atoms with van der Waals surface area (Å²) in [5.41, 5.74) is 8.46. The Labute approximate surface area is 108 Å². The van der Waals surface area contributed by atoms with Gasteiger partial charge in [0.05, 0.1) is 5.52 Å². The summed E-state index contributed by atoms with van der Waals surface area (Å²) in [6, 6.07) is 10.7. The molecule has 1 aromatic heterocycles. The molecule has 0 amide bonds. The first-order valence-corrected chi connectivity index (χ1v) is 6.58. The van der Waals surface area contributed by atoms with Gasteiger partial charge >= 0.3 is 0 Å². The minimum absolute atomic E-state index is 0.278. The summed E-state index contributed by atoms with van der Waals surface area (Å²) in [5.74, 6) is 0.653.